The molecule has 2 nitrogen and oxygen atoms in total. The molecule has 1 atom stereocenters. The molecule has 0 aliphatic rings. The smallest absolute Gasteiger partial charge is 0.0897 e. The number of hydrogen-bond donors (Lipinski definition) is 1. The van der Waals surface area contributed by atoms with Gasteiger partial charge < -0.3 is 5.32 Å². The van der Waals surface area contributed by atoms with Gasteiger partial charge in [-0.15, -0.1) is 11.3 Å². The molecule has 0 aliphatic heterocycles. The number of rotatable bonds is 5. The summed E-state index contributed by atoms with van der Waals surface area (Å²) in [5.74, 6) is 0. The van der Waals surface area contributed by atoms with Crippen LogP contribution >= 0.6 is 11.3 Å². The second-order valence-corrected chi connectivity index (χ2v) is 4.95. The third-order valence-corrected chi connectivity index (χ3v) is 3.63. The van der Waals surface area contributed by atoms with Gasteiger partial charge in [-0.2, -0.15) is 0 Å². The fraction of sp³-hybridized carbons (Fsp3) is 0.727. The first-order chi connectivity index (χ1) is 6.67. The Hall–Kier alpha value is -0.410. The van der Waals surface area contributed by atoms with Gasteiger partial charge >= 0.3 is 0 Å². The van der Waals surface area contributed by atoms with Crippen molar-refractivity contribution in [1.82, 2.24) is 10.3 Å². The van der Waals surface area contributed by atoms with Gasteiger partial charge in [-0.25, -0.2) is 4.98 Å². The van der Waals surface area contributed by atoms with Crippen molar-refractivity contribution in [3.8, 4) is 0 Å². The summed E-state index contributed by atoms with van der Waals surface area (Å²) in [7, 11) is 0. The molecule has 1 heterocycles. The van der Waals surface area contributed by atoms with E-state index in [9.17, 15) is 0 Å². The van der Waals surface area contributed by atoms with E-state index in [-0.39, 0.29) is 0 Å². The number of aromatic nitrogens is 1. The van der Waals surface area contributed by atoms with Crippen LogP contribution in [-0.4, -0.2) is 11.0 Å². The second kappa shape index (κ2) is 5.47. The van der Waals surface area contributed by atoms with E-state index in [0.717, 1.165) is 5.01 Å². The molecule has 0 saturated heterocycles. The van der Waals surface area contributed by atoms with E-state index in [2.05, 4.69) is 38.0 Å². The Morgan fingerprint density at radius 1 is 1.43 bits per heavy atom. The van der Waals surface area contributed by atoms with E-state index in [0.29, 0.717) is 12.1 Å². The largest absolute Gasteiger partial charge is 0.307 e. The molecule has 3 heteroatoms. The van der Waals surface area contributed by atoms with Crippen molar-refractivity contribution in [3.05, 3.63) is 16.1 Å². The standard InChI is InChI=1S/C11H20N2S/c1-5-10(6-2)13-8(3)11-7-12-9(4)14-11/h7-8,10,13H,5-6H2,1-4H3. The monoisotopic (exact) mass is 212 g/mol. The first kappa shape index (κ1) is 11.7. The molecule has 0 aromatic carbocycles. The molecule has 0 saturated carbocycles. The van der Waals surface area contributed by atoms with E-state index in [4.69, 9.17) is 0 Å². The SMILES string of the molecule is CCC(CC)NC(C)c1cnc(C)s1. The predicted octanol–water partition coefficient (Wildman–Crippen LogP) is 3.29. The molecule has 0 amide bonds. The van der Waals surface area contributed by atoms with Crippen molar-refractivity contribution < 1.29 is 0 Å². The van der Waals surface area contributed by atoms with E-state index in [1.807, 2.05) is 6.20 Å². The average molecular weight is 212 g/mol. The highest BCUT2D eigenvalue weighted by atomic mass is 32.1. The molecule has 1 aromatic rings. The molecule has 0 spiro atoms. The predicted molar refractivity (Wildman–Crippen MR) is 62.8 cm³/mol. The third-order valence-electron chi connectivity index (χ3n) is 2.54. The Labute approximate surface area is 90.8 Å². The lowest BCUT2D eigenvalue weighted by Crippen LogP contribution is -2.29. The molecule has 1 N–H and O–H groups in total. The number of thiazole rings is 1. The van der Waals surface area contributed by atoms with E-state index < -0.39 is 0 Å². The number of aryl methyl sites for hydroxylation is 1. The molecular formula is C11H20N2S. The van der Waals surface area contributed by atoms with Crippen LogP contribution in [0.4, 0.5) is 0 Å². The lowest BCUT2D eigenvalue weighted by atomic mass is 10.1. The van der Waals surface area contributed by atoms with Crippen LogP contribution in [0.3, 0.4) is 0 Å². The van der Waals surface area contributed by atoms with Gasteiger partial charge in [0.25, 0.3) is 0 Å². The van der Waals surface area contributed by atoms with Gasteiger partial charge in [0.15, 0.2) is 0 Å². The highest BCUT2D eigenvalue weighted by Crippen LogP contribution is 2.20. The summed E-state index contributed by atoms with van der Waals surface area (Å²) in [6, 6.07) is 1.07. The summed E-state index contributed by atoms with van der Waals surface area (Å²) in [5.41, 5.74) is 0. The highest BCUT2D eigenvalue weighted by molar-refractivity contribution is 7.11. The van der Waals surface area contributed by atoms with Crippen LogP contribution in [0.15, 0.2) is 6.20 Å². The molecule has 14 heavy (non-hydrogen) atoms. The maximum atomic E-state index is 4.28. The van der Waals surface area contributed by atoms with Crippen LogP contribution in [0.5, 0.6) is 0 Å². The topological polar surface area (TPSA) is 24.9 Å². The van der Waals surface area contributed by atoms with Crippen LogP contribution in [0.2, 0.25) is 0 Å². The van der Waals surface area contributed by atoms with Gasteiger partial charge in [-0.05, 0) is 26.7 Å². The zero-order chi connectivity index (χ0) is 10.6. The minimum atomic E-state index is 0.436. The lowest BCUT2D eigenvalue weighted by Gasteiger charge is -2.19. The van der Waals surface area contributed by atoms with Crippen LogP contribution in [-0.2, 0) is 0 Å². The van der Waals surface area contributed by atoms with Crippen LogP contribution < -0.4 is 5.32 Å². The highest BCUT2D eigenvalue weighted by Gasteiger charge is 2.11. The van der Waals surface area contributed by atoms with Crippen molar-refractivity contribution in [1.29, 1.82) is 0 Å². The average Bonchev–Trinajstić information content (AvgIpc) is 2.61. The van der Waals surface area contributed by atoms with Gasteiger partial charge in [0, 0.05) is 23.2 Å². The molecule has 0 bridgehead atoms. The summed E-state index contributed by atoms with van der Waals surface area (Å²) in [6.45, 7) is 8.72. The summed E-state index contributed by atoms with van der Waals surface area (Å²) < 4.78 is 0. The zero-order valence-corrected chi connectivity index (χ0v) is 10.3. The molecule has 1 rings (SSSR count). The Morgan fingerprint density at radius 3 is 2.50 bits per heavy atom. The first-order valence-corrected chi connectivity index (χ1v) is 6.17. The fourth-order valence-electron chi connectivity index (χ4n) is 1.54. The van der Waals surface area contributed by atoms with Crippen LogP contribution in [0.1, 0.15) is 49.5 Å². The summed E-state index contributed by atoms with van der Waals surface area (Å²) >= 11 is 1.79. The number of hydrogen-bond acceptors (Lipinski definition) is 3. The van der Waals surface area contributed by atoms with Crippen LogP contribution in [0.25, 0.3) is 0 Å². The lowest BCUT2D eigenvalue weighted by molar-refractivity contribution is 0.435. The Morgan fingerprint density at radius 2 is 2.07 bits per heavy atom. The molecule has 80 valence electrons. The fourth-order valence-corrected chi connectivity index (χ4v) is 2.33. The van der Waals surface area contributed by atoms with Crippen molar-refractivity contribution in [2.45, 2.75) is 52.6 Å². The quantitative estimate of drug-likeness (QED) is 0.810. The first-order valence-electron chi connectivity index (χ1n) is 5.35. The van der Waals surface area contributed by atoms with Crippen molar-refractivity contribution in [3.63, 3.8) is 0 Å². The van der Waals surface area contributed by atoms with Gasteiger partial charge in [-0.3, -0.25) is 0 Å². The van der Waals surface area contributed by atoms with Gasteiger partial charge in [0.05, 0.1) is 5.01 Å². The molecule has 1 aromatic heterocycles. The maximum Gasteiger partial charge on any atom is 0.0897 e. The molecule has 0 aliphatic carbocycles. The molecule has 1 unspecified atom stereocenters. The minimum Gasteiger partial charge on any atom is -0.307 e. The second-order valence-electron chi connectivity index (χ2n) is 3.68. The summed E-state index contributed by atoms with van der Waals surface area (Å²) in [5, 5.41) is 4.77. The van der Waals surface area contributed by atoms with E-state index in [1.165, 1.54) is 17.7 Å². The zero-order valence-electron chi connectivity index (χ0n) is 9.50. The van der Waals surface area contributed by atoms with E-state index >= 15 is 0 Å². The Kier molecular flexibility index (Phi) is 4.55. The maximum absolute atomic E-state index is 4.28. The van der Waals surface area contributed by atoms with Crippen molar-refractivity contribution in [2.75, 3.05) is 0 Å². The minimum absolute atomic E-state index is 0.436. The van der Waals surface area contributed by atoms with Gasteiger partial charge in [0.1, 0.15) is 0 Å². The van der Waals surface area contributed by atoms with Gasteiger partial charge in [-0.1, -0.05) is 13.8 Å². The van der Waals surface area contributed by atoms with Gasteiger partial charge in [0.2, 0.25) is 0 Å². The molecule has 0 radical (unpaired) electrons. The third kappa shape index (κ3) is 3.07. The summed E-state index contributed by atoms with van der Waals surface area (Å²) in [4.78, 5) is 5.62. The number of nitrogens with zero attached hydrogens (tertiary/aromatic N) is 1. The normalized spacial score (nSPS) is 13.5. The molecule has 0 fully saturated rings. The van der Waals surface area contributed by atoms with E-state index in [1.54, 1.807) is 11.3 Å². The summed E-state index contributed by atoms with van der Waals surface area (Å²) in [6.07, 6.45) is 4.37. The van der Waals surface area contributed by atoms with Crippen LogP contribution in [0, 0.1) is 6.92 Å². The van der Waals surface area contributed by atoms with Crippen molar-refractivity contribution in [2.24, 2.45) is 0 Å². The molecular weight excluding hydrogens is 192 g/mol. The van der Waals surface area contributed by atoms with Crippen molar-refractivity contribution >= 4 is 11.3 Å². The number of nitrogens with one attached hydrogen (secondary N) is 1. The Bertz CT molecular complexity index is 266. The Balaban J connectivity index is 2.53.